The zero-order chi connectivity index (χ0) is 30.1. The van der Waals surface area contributed by atoms with E-state index in [2.05, 4.69) is 25.9 Å². The molecule has 0 radical (unpaired) electrons. The molecule has 2 atom stereocenters. The Morgan fingerprint density at radius 1 is 1.02 bits per heavy atom. The number of nitrogens with zero attached hydrogens (tertiary/aromatic N) is 3. The lowest BCUT2D eigenvalue weighted by Gasteiger charge is -2.24. The second-order valence-electron chi connectivity index (χ2n) is 10.3. The quantitative estimate of drug-likeness (QED) is 0.388. The number of amides is 4. The van der Waals surface area contributed by atoms with E-state index in [1.807, 2.05) is 44.2 Å². The minimum absolute atomic E-state index is 0.00923. The van der Waals surface area contributed by atoms with Gasteiger partial charge in [-0.05, 0) is 24.3 Å². The third kappa shape index (κ3) is 8.43. The Kier molecular flexibility index (Phi) is 11.2. The fraction of sp³-hybridized carbons (Fsp3) is 0.448. The molecule has 11 nitrogen and oxygen atoms in total. The first-order chi connectivity index (χ1) is 20.2. The molecule has 3 aromatic rings. The van der Waals surface area contributed by atoms with Crippen molar-refractivity contribution >= 4 is 46.3 Å². The number of fused-ring (bicyclic) bond motifs is 4. The average Bonchev–Trinajstić information content (AvgIpc) is 3.66. The van der Waals surface area contributed by atoms with Crippen LogP contribution in [-0.4, -0.2) is 71.8 Å². The lowest BCUT2D eigenvalue weighted by molar-refractivity contribution is -0.137. The maximum absolute atomic E-state index is 13.3. The van der Waals surface area contributed by atoms with Gasteiger partial charge in [-0.2, -0.15) is 0 Å². The van der Waals surface area contributed by atoms with Crippen LogP contribution in [0.25, 0.3) is 0 Å². The second-order valence-corrected chi connectivity index (χ2v) is 12.1. The van der Waals surface area contributed by atoms with Crippen molar-refractivity contribution < 1.29 is 23.9 Å². The van der Waals surface area contributed by atoms with E-state index in [1.54, 1.807) is 10.8 Å². The van der Waals surface area contributed by atoms with E-state index in [0.717, 1.165) is 5.56 Å². The molecule has 0 saturated heterocycles. The van der Waals surface area contributed by atoms with Gasteiger partial charge in [-0.1, -0.05) is 44.2 Å². The van der Waals surface area contributed by atoms with E-state index >= 15 is 0 Å². The number of nitrogens with one attached hydrogen (secondary N) is 3. The van der Waals surface area contributed by atoms with Crippen LogP contribution in [0.1, 0.15) is 75.3 Å². The number of rotatable bonds is 6. The van der Waals surface area contributed by atoms with Gasteiger partial charge in [-0.25, -0.2) is 9.97 Å². The molecule has 1 aliphatic rings. The summed E-state index contributed by atoms with van der Waals surface area (Å²) >= 11 is 2.61. The molecule has 0 fully saturated rings. The van der Waals surface area contributed by atoms with Crippen LogP contribution in [0.3, 0.4) is 0 Å². The van der Waals surface area contributed by atoms with Gasteiger partial charge in [0.2, 0.25) is 11.8 Å². The first kappa shape index (κ1) is 31.3. The predicted octanol–water partition coefficient (Wildman–Crippen LogP) is 3.13. The van der Waals surface area contributed by atoms with Gasteiger partial charge >= 0.3 is 0 Å². The van der Waals surface area contributed by atoms with Crippen molar-refractivity contribution in [3.8, 4) is 0 Å². The molecule has 3 N–H and O–H groups in total. The summed E-state index contributed by atoms with van der Waals surface area (Å²) in [4.78, 5) is 62.9. The fourth-order valence-electron chi connectivity index (χ4n) is 4.48. The Labute approximate surface area is 253 Å². The Morgan fingerprint density at radius 2 is 1.71 bits per heavy atom. The van der Waals surface area contributed by atoms with E-state index < -0.39 is 12.1 Å². The molecular formula is C29H36N6O5S2. The molecular weight excluding hydrogens is 576 g/mol. The summed E-state index contributed by atoms with van der Waals surface area (Å²) in [7, 11) is 1.51. The Balaban J connectivity index is 1.65. The number of carbonyl (C=O) groups is 4. The number of ether oxygens (including phenoxy) is 1. The summed E-state index contributed by atoms with van der Waals surface area (Å²) < 4.78 is 5.06. The lowest BCUT2D eigenvalue weighted by atomic mass is 10.0. The number of hydrogen-bond acceptors (Lipinski definition) is 9. The molecule has 0 unspecified atom stereocenters. The first-order valence-corrected chi connectivity index (χ1v) is 15.6. The van der Waals surface area contributed by atoms with Gasteiger partial charge in [0.05, 0.1) is 31.7 Å². The van der Waals surface area contributed by atoms with Crippen LogP contribution >= 0.6 is 22.7 Å². The highest BCUT2D eigenvalue weighted by molar-refractivity contribution is 7.10. The summed E-state index contributed by atoms with van der Waals surface area (Å²) in [5.74, 6) is -1.27. The second kappa shape index (κ2) is 15.0. The van der Waals surface area contributed by atoms with Gasteiger partial charge in [0.15, 0.2) is 0 Å². The molecule has 1 aliphatic heterocycles. The minimum Gasteiger partial charge on any atom is -0.384 e. The van der Waals surface area contributed by atoms with Crippen molar-refractivity contribution in [2.75, 3.05) is 33.4 Å². The van der Waals surface area contributed by atoms with Crippen LogP contribution in [0.2, 0.25) is 0 Å². The predicted molar refractivity (Wildman–Crippen MR) is 160 cm³/mol. The highest BCUT2D eigenvalue weighted by Crippen LogP contribution is 2.27. The third-order valence-electron chi connectivity index (χ3n) is 6.74. The Hall–Kier alpha value is -3.68. The van der Waals surface area contributed by atoms with Crippen molar-refractivity contribution in [2.45, 2.75) is 45.2 Å². The molecule has 42 heavy (non-hydrogen) atoms. The Morgan fingerprint density at radius 3 is 2.43 bits per heavy atom. The molecule has 0 spiro atoms. The van der Waals surface area contributed by atoms with E-state index in [9.17, 15) is 19.2 Å². The molecule has 4 bridgehead atoms. The molecule has 13 heteroatoms. The SMILES string of the molecule is COCCC(=O)N1CCCNC(=O)c2csc(n2)[C@H](C(C)C)NC(=O)c2csc(n2)[C@H](Cc2ccccc2)NC(=O)C1. The Bertz CT molecular complexity index is 1380. The third-order valence-corrected chi connectivity index (χ3v) is 8.63. The van der Waals surface area contributed by atoms with E-state index in [4.69, 9.17) is 4.74 Å². The highest BCUT2D eigenvalue weighted by atomic mass is 32.1. The molecule has 4 rings (SSSR count). The van der Waals surface area contributed by atoms with Crippen molar-refractivity contribution in [1.82, 2.24) is 30.8 Å². The number of methoxy groups -OCH3 is 1. The van der Waals surface area contributed by atoms with Gasteiger partial charge in [0.1, 0.15) is 21.4 Å². The average molecular weight is 613 g/mol. The van der Waals surface area contributed by atoms with Crippen LogP contribution in [0, 0.1) is 5.92 Å². The number of carbonyl (C=O) groups excluding carboxylic acids is 4. The van der Waals surface area contributed by atoms with Crippen molar-refractivity contribution in [3.05, 3.63) is 68.1 Å². The summed E-state index contributed by atoms with van der Waals surface area (Å²) in [5, 5.41) is 13.5. The number of benzene rings is 1. The van der Waals surface area contributed by atoms with E-state index in [-0.39, 0.29) is 67.1 Å². The number of hydrogen-bond donors (Lipinski definition) is 3. The maximum atomic E-state index is 13.3. The van der Waals surface area contributed by atoms with Gasteiger partial charge in [0, 0.05) is 31.0 Å². The first-order valence-electron chi connectivity index (χ1n) is 13.8. The van der Waals surface area contributed by atoms with Crippen molar-refractivity contribution in [1.29, 1.82) is 0 Å². The zero-order valence-electron chi connectivity index (χ0n) is 23.9. The standard InChI is InChI=1S/C29H36N6O5S2/c1-18(2)25-29-33-21(16-42-29)26(38)30-11-7-12-35(24(37)10-13-40-3)15-23(36)31-20(14-19-8-5-4-6-9-19)28-32-22(17-41-28)27(39)34-25/h4-6,8-9,16-18,20,25H,7,10-15H2,1-3H3,(H,30,38)(H,31,36)(H,34,39)/t20-,25-/m0/s1. The van der Waals surface area contributed by atoms with Crippen LogP contribution in [0.15, 0.2) is 41.1 Å². The molecule has 0 aliphatic carbocycles. The van der Waals surface area contributed by atoms with Crippen molar-refractivity contribution in [3.63, 3.8) is 0 Å². The summed E-state index contributed by atoms with van der Waals surface area (Å²) in [5.41, 5.74) is 1.49. The molecule has 224 valence electrons. The molecule has 0 saturated carbocycles. The largest absolute Gasteiger partial charge is 0.384 e. The smallest absolute Gasteiger partial charge is 0.271 e. The summed E-state index contributed by atoms with van der Waals surface area (Å²) in [6.07, 6.45) is 1.04. The summed E-state index contributed by atoms with van der Waals surface area (Å²) in [6.45, 7) is 4.59. The number of aromatic nitrogens is 2. The van der Waals surface area contributed by atoms with Gasteiger partial charge in [-0.15, -0.1) is 22.7 Å². The lowest BCUT2D eigenvalue weighted by Crippen LogP contribution is -2.43. The van der Waals surface area contributed by atoms with Gasteiger partial charge in [-0.3, -0.25) is 19.2 Å². The fourth-order valence-corrected chi connectivity index (χ4v) is 6.35. The number of thiazole rings is 2. The van der Waals surface area contributed by atoms with Crippen LogP contribution in [0.4, 0.5) is 0 Å². The van der Waals surface area contributed by atoms with Gasteiger partial charge < -0.3 is 25.6 Å². The van der Waals surface area contributed by atoms with Crippen LogP contribution in [-0.2, 0) is 20.7 Å². The normalized spacial score (nSPS) is 18.9. The molecule has 1 aromatic carbocycles. The van der Waals surface area contributed by atoms with E-state index in [0.29, 0.717) is 29.4 Å². The minimum atomic E-state index is -0.508. The van der Waals surface area contributed by atoms with Gasteiger partial charge in [0.25, 0.3) is 11.8 Å². The van der Waals surface area contributed by atoms with Crippen LogP contribution < -0.4 is 16.0 Å². The highest BCUT2D eigenvalue weighted by Gasteiger charge is 2.27. The summed E-state index contributed by atoms with van der Waals surface area (Å²) in [6, 6.07) is 8.77. The van der Waals surface area contributed by atoms with E-state index in [1.165, 1.54) is 34.7 Å². The monoisotopic (exact) mass is 612 g/mol. The molecule has 2 aromatic heterocycles. The topological polar surface area (TPSA) is 143 Å². The maximum Gasteiger partial charge on any atom is 0.271 e. The van der Waals surface area contributed by atoms with Crippen LogP contribution in [0.5, 0.6) is 0 Å². The van der Waals surface area contributed by atoms with Crippen molar-refractivity contribution in [2.24, 2.45) is 5.92 Å². The molecule has 3 heterocycles. The molecule has 4 amide bonds. The zero-order valence-corrected chi connectivity index (χ0v) is 25.6.